The van der Waals surface area contributed by atoms with E-state index in [0.29, 0.717) is 22.9 Å². The van der Waals surface area contributed by atoms with Crippen LogP contribution in [0.15, 0.2) is 310 Å². The number of fused-ring (bicyclic) bond motifs is 12. The van der Waals surface area contributed by atoms with Crippen LogP contribution in [-0.2, 0) is 28.2 Å². The first-order valence-corrected chi connectivity index (χ1v) is 37.3. The minimum atomic E-state index is 0.686. The van der Waals surface area contributed by atoms with Gasteiger partial charge >= 0.3 is 0 Å². The molecule has 0 bridgehead atoms. The zero-order valence-corrected chi connectivity index (χ0v) is 63.9. The van der Waals surface area contributed by atoms with Crippen molar-refractivity contribution in [1.82, 2.24) is 24.9 Å². The Morgan fingerprint density at radius 1 is 0.270 bits per heavy atom. The van der Waals surface area contributed by atoms with E-state index in [1.807, 2.05) is 99.8 Å². The van der Waals surface area contributed by atoms with Crippen LogP contribution in [0.25, 0.3) is 178 Å². The average molecular weight is 1450 g/mol. The molecule has 13 nitrogen and oxygen atoms in total. The third-order valence-electron chi connectivity index (χ3n) is 21.1. The lowest BCUT2D eigenvalue weighted by atomic mass is 9.96. The normalized spacial score (nSPS) is 11.4. The van der Waals surface area contributed by atoms with E-state index in [1.54, 1.807) is 6.20 Å². The topological polar surface area (TPSA) is 133 Å². The largest absolute Gasteiger partial charge is 0.438 e. The van der Waals surface area contributed by atoms with Crippen LogP contribution >= 0.6 is 0 Å². The number of nitrogens with zero attached hydrogens (tertiary/aromatic N) is 9. The van der Waals surface area contributed by atoms with Gasteiger partial charge in [0.15, 0.2) is 30.4 Å². The van der Waals surface area contributed by atoms with Crippen molar-refractivity contribution in [3.8, 4) is 89.7 Å². The third kappa shape index (κ3) is 13.5. The quantitative estimate of drug-likeness (QED) is 0.136. The molecule has 7 aromatic carbocycles. The summed E-state index contributed by atoms with van der Waals surface area (Å²) < 4.78 is 33.0. The second kappa shape index (κ2) is 29.3. The molecule has 0 spiro atoms. The average Bonchev–Trinajstić information content (AvgIpc) is 1.53. The van der Waals surface area contributed by atoms with Crippen LogP contribution in [0.5, 0.6) is 0 Å². The molecule has 0 amide bonds. The highest BCUT2D eigenvalue weighted by Gasteiger charge is 2.27. The molecule has 0 N–H and O–H groups in total. The maximum atomic E-state index is 6.26. The number of hydrogen-bond donors (Lipinski definition) is 0. The molecule has 13 heterocycles. The number of aromatic nitrogens is 9. The first-order valence-electron chi connectivity index (χ1n) is 37.3. The SMILES string of the molecule is Cc1cc2oc3ncccc3c2cc1-c1cc(-c2ccccc2)cc[n+]1C.Cc1ccc2c(n1)oc1c(-c3cc(-c4ccccn4)cc[n+]3C)c(C)ccc12.Cc1ccc2c(n1)oc1ccc(C)c(-c3cc(-c4ccccc4)cc[n+]3C)c12.Cc1ccc2c(n1)oc1ccc(C)c(-c3ccc(-c4ccccc4)c[n+]3C)c12. The van der Waals surface area contributed by atoms with Gasteiger partial charge in [-0.05, 0) is 190 Å². The van der Waals surface area contributed by atoms with E-state index in [0.717, 1.165) is 122 Å². The molecule has 111 heavy (non-hydrogen) atoms. The third-order valence-corrected chi connectivity index (χ3v) is 21.1. The van der Waals surface area contributed by atoms with Crippen molar-refractivity contribution in [1.29, 1.82) is 0 Å². The molecule has 0 unspecified atom stereocenters. The van der Waals surface area contributed by atoms with E-state index in [-0.39, 0.29) is 0 Å². The van der Waals surface area contributed by atoms with Gasteiger partial charge in [0, 0.05) is 132 Å². The first kappa shape index (κ1) is 70.1. The molecular weight excluding hydrogens is 1370 g/mol. The Labute approximate surface area is 643 Å². The van der Waals surface area contributed by atoms with Gasteiger partial charge in [0.1, 0.15) is 44.9 Å². The van der Waals surface area contributed by atoms with Crippen LogP contribution in [0.1, 0.15) is 39.3 Å². The second-order valence-corrected chi connectivity index (χ2v) is 28.7. The summed E-state index contributed by atoms with van der Waals surface area (Å²) in [6.07, 6.45) is 12.1. The number of furan rings is 4. The molecular formula is C98H81N9O4+4. The van der Waals surface area contributed by atoms with E-state index in [4.69, 9.17) is 17.7 Å². The number of pyridine rings is 9. The zero-order chi connectivity index (χ0) is 76.1. The molecule has 0 saturated heterocycles. The van der Waals surface area contributed by atoms with Crippen molar-refractivity contribution >= 4 is 88.3 Å². The van der Waals surface area contributed by atoms with Crippen molar-refractivity contribution in [3.05, 3.63) is 331 Å². The van der Waals surface area contributed by atoms with Gasteiger partial charge in [0.25, 0.3) is 0 Å². The van der Waals surface area contributed by atoms with Crippen molar-refractivity contribution in [2.75, 3.05) is 0 Å². The van der Waals surface area contributed by atoms with E-state index >= 15 is 0 Å². The van der Waals surface area contributed by atoms with Crippen molar-refractivity contribution in [3.63, 3.8) is 0 Å². The van der Waals surface area contributed by atoms with E-state index in [2.05, 4.69) is 306 Å². The summed E-state index contributed by atoms with van der Waals surface area (Å²) in [4.78, 5) is 22.6. The number of hydrogen-bond acceptors (Lipinski definition) is 9. The minimum Gasteiger partial charge on any atom is -0.438 e. The van der Waals surface area contributed by atoms with Crippen LogP contribution in [0.4, 0.5) is 0 Å². The first-order chi connectivity index (χ1) is 54.0. The van der Waals surface area contributed by atoms with Gasteiger partial charge in [-0.3, -0.25) is 4.98 Å². The molecule has 538 valence electrons. The van der Waals surface area contributed by atoms with Crippen LogP contribution in [0, 0.1) is 48.5 Å². The molecule has 0 aliphatic carbocycles. The molecule has 0 atom stereocenters. The van der Waals surface area contributed by atoms with Gasteiger partial charge in [0.05, 0.1) is 22.4 Å². The van der Waals surface area contributed by atoms with Crippen LogP contribution < -0.4 is 18.3 Å². The predicted octanol–water partition coefficient (Wildman–Crippen LogP) is 22.1. The van der Waals surface area contributed by atoms with Crippen LogP contribution in [0.2, 0.25) is 0 Å². The molecule has 13 heteroatoms. The van der Waals surface area contributed by atoms with Crippen molar-refractivity contribution < 1.29 is 35.9 Å². The van der Waals surface area contributed by atoms with E-state index in [1.165, 1.54) is 72.5 Å². The minimum absolute atomic E-state index is 0.686. The summed E-state index contributed by atoms with van der Waals surface area (Å²) in [6, 6.07) is 88.3. The van der Waals surface area contributed by atoms with Gasteiger partial charge in [0.2, 0.25) is 45.6 Å². The highest BCUT2D eigenvalue weighted by Crippen LogP contribution is 2.42. The summed E-state index contributed by atoms with van der Waals surface area (Å²) in [6.45, 7) is 14.5. The van der Waals surface area contributed by atoms with Gasteiger partial charge in [-0.2, -0.15) is 0 Å². The molecule has 0 fully saturated rings. The Morgan fingerprint density at radius 2 is 0.730 bits per heavy atom. The highest BCUT2D eigenvalue weighted by molar-refractivity contribution is 6.14. The van der Waals surface area contributed by atoms with Crippen molar-refractivity contribution in [2.45, 2.75) is 48.5 Å². The van der Waals surface area contributed by atoms with Crippen molar-refractivity contribution in [2.24, 2.45) is 28.2 Å². The molecule has 0 saturated carbocycles. The lowest BCUT2D eigenvalue weighted by Gasteiger charge is -2.08. The summed E-state index contributed by atoms with van der Waals surface area (Å²) >= 11 is 0. The fourth-order valence-corrected chi connectivity index (χ4v) is 15.3. The predicted molar refractivity (Wildman–Crippen MR) is 445 cm³/mol. The zero-order valence-electron chi connectivity index (χ0n) is 63.9. The smallest absolute Gasteiger partial charge is 0.227 e. The standard InChI is InChI=1S/2C25H21N2O.C24H20N3O.C24H19N2O/c1-16-9-14-22-24(20-12-10-17(2)26-25(20)28-22)23(16)21-13-11-19(15-27(21)3)18-7-5-4-6-8-18;1-16-9-12-22-24(20-11-10-17(2)26-25(20)28-22)23(16)21-15-19(13-14-27(21)3)18-7-5-4-6-8-18;1-15-7-9-18-19-10-8-16(2)26-24(19)28-23(18)22(15)21-14-17(11-13-27(21)3)20-6-4-5-12-25-20;1-16-13-23-21(19-9-6-11-25-24(19)27-23)15-20(16)22-14-18(10-12-26(22)2)17-7-4-3-5-8-17/h2*4-15H,1-3H3;4-14H,1-3H3;3-15H,1-2H3/q4*+1. The Kier molecular flexibility index (Phi) is 18.5. The summed E-state index contributed by atoms with van der Waals surface area (Å²) in [5.41, 5.74) is 32.5. The molecule has 0 aliphatic heterocycles. The molecule has 20 rings (SSSR count). The van der Waals surface area contributed by atoms with Crippen LogP contribution in [0.3, 0.4) is 0 Å². The molecule has 0 radical (unpaired) electrons. The number of rotatable bonds is 8. The molecule has 0 aliphatic rings. The fraction of sp³-hybridized carbons (Fsp3) is 0.112. The second-order valence-electron chi connectivity index (χ2n) is 28.7. The molecule has 20 aromatic rings. The summed E-state index contributed by atoms with van der Waals surface area (Å²) in [5, 5.41) is 8.67. The van der Waals surface area contributed by atoms with Gasteiger partial charge < -0.3 is 17.7 Å². The summed E-state index contributed by atoms with van der Waals surface area (Å²) in [7, 11) is 8.33. The maximum Gasteiger partial charge on any atom is 0.227 e. The Hall–Kier alpha value is -13.9. The lowest BCUT2D eigenvalue weighted by molar-refractivity contribution is -0.660. The Bertz CT molecular complexity index is 6960. The van der Waals surface area contributed by atoms with Gasteiger partial charge in [-0.1, -0.05) is 121 Å². The van der Waals surface area contributed by atoms with E-state index < -0.39 is 0 Å². The Morgan fingerprint density at radius 3 is 1.31 bits per heavy atom. The Balaban J connectivity index is 0.000000108. The number of benzene rings is 7. The van der Waals surface area contributed by atoms with Gasteiger partial charge in [-0.25, -0.2) is 38.2 Å². The number of aryl methyl sites for hydroxylation is 11. The van der Waals surface area contributed by atoms with Crippen LogP contribution in [-0.4, -0.2) is 24.9 Å². The molecule has 13 aromatic heterocycles. The van der Waals surface area contributed by atoms with Gasteiger partial charge in [-0.15, -0.1) is 0 Å². The highest BCUT2D eigenvalue weighted by atomic mass is 16.4. The lowest BCUT2D eigenvalue weighted by Crippen LogP contribution is -2.31. The summed E-state index contributed by atoms with van der Waals surface area (Å²) in [5.74, 6) is 0. The maximum absolute atomic E-state index is 6.26. The van der Waals surface area contributed by atoms with E-state index in [9.17, 15) is 0 Å². The fourth-order valence-electron chi connectivity index (χ4n) is 15.3. The monoisotopic (exact) mass is 1450 g/mol.